The molecule has 2 aromatic carbocycles. The maximum atomic E-state index is 11.5. The lowest BCUT2D eigenvalue weighted by Crippen LogP contribution is -2.00. The number of ketones is 1. The smallest absolute Gasteiger partial charge is 0.161 e. The van der Waals surface area contributed by atoms with Crippen molar-refractivity contribution in [3.05, 3.63) is 77.0 Å². The number of hydrogen-bond acceptors (Lipinski definition) is 6. The van der Waals surface area contributed by atoms with Crippen LogP contribution in [-0.2, 0) is 4.79 Å². The van der Waals surface area contributed by atoms with Gasteiger partial charge in [-0.05, 0) is 67.8 Å². The topological polar surface area (TPSA) is 103 Å². The Bertz CT molecular complexity index is 1150. The number of allylic oxidation sites excluding steroid dienone is 1. The third kappa shape index (κ3) is 4.91. The second-order valence-electron chi connectivity index (χ2n) is 6.98. The number of rotatable bonds is 7. The molecule has 30 heavy (non-hydrogen) atoms. The lowest BCUT2D eigenvalue weighted by Gasteiger charge is -2.09. The zero-order valence-electron chi connectivity index (χ0n) is 17.2. The molecule has 0 aliphatic heterocycles. The van der Waals surface area contributed by atoms with Crippen molar-refractivity contribution < 1.29 is 4.79 Å². The van der Waals surface area contributed by atoms with Gasteiger partial charge in [-0.2, -0.15) is 0 Å². The Balaban J connectivity index is 1.82. The first kappa shape index (κ1) is 20.8. The fourth-order valence-electron chi connectivity index (χ4n) is 2.84. The van der Waals surface area contributed by atoms with Crippen LogP contribution in [0.5, 0.6) is 0 Å². The summed E-state index contributed by atoms with van der Waals surface area (Å²) in [6, 6.07) is 15.0. The quantitative estimate of drug-likeness (QED) is 0.376. The summed E-state index contributed by atoms with van der Waals surface area (Å²) in [7, 11) is 0. The molecule has 0 fully saturated rings. The van der Waals surface area contributed by atoms with E-state index in [4.69, 9.17) is 10.8 Å². The molecule has 0 saturated heterocycles. The summed E-state index contributed by atoms with van der Waals surface area (Å²) in [4.78, 5) is 20.5. The lowest BCUT2D eigenvalue weighted by atomic mass is 10.0. The molecule has 3 rings (SSSR count). The summed E-state index contributed by atoms with van der Waals surface area (Å²) in [6.45, 7) is 5.38. The van der Waals surface area contributed by atoms with E-state index < -0.39 is 0 Å². The minimum absolute atomic E-state index is 0.0586. The van der Waals surface area contributed by atoms with Crippen LogP contribution in [0.4, 0.5) is 11.5 Å². The molecule has 0 atom stereocenters. The number of hydrogen-bond donors (Lipinski definition) is 3. The second kappa shape index (κ2) is 9.05. The average Bonchev–Trinajstić information content (AvgIpc) is 2.75. The van der Waals surface area contributed by atoms with E-state index in [1.807, 2.05) is 50.3 Å². The molecule has 3 N–H and O–H groups in total. The summed E-state index contributed by atoms with van der Waals surface area (Å²) in [5, 5.41) is 18.1. The van der Waals surface area contributed by atoms with Crippen molar-refractivity contribution >= 4 is 35.3 Å². The van der Waals surface area contributed by atoms with Gasteiger partial charge in [-0.25, -0.2) is 9.97 Å². The van der Waals surface area contributed by atoms with Crippen LogP contribution in [0.25, 0.3) is 17.5 Å². The fraction of sp³-hybridized carbons (Fsp3) is 0.125. The van der Waals surface area contributed by atoms with E-state index in [0.717, 1.165) is 34.2 Å². The number of carbonyl (C=O) groups excluding carboxylic acids is 1. The third-order valence-electron chi connectivity index (χ3n) is 4.72. The van der Waals surface area contributed by atoms with E-state index in [0.29, 0.717) is 17.2 Å². The molecular weight excluding hydrogens is 374 g/mol. The largest absolute Gasteiger partial charge is 0.340 e. The van der Waals surface area contributed by atoms with Crippen LogP contribution in [-0.4, -0.2) is 27.7 Å². The lowest BCUT2D eigenvalue weighted by molar-refractivity contribution is -0.113. The van der Waals surface area contributed by atoms with Crippen molar-refractivity contribution in [2.75, 3.05) is 5.32 Å². The number of benzene rings is 2. The highest BCUT2D eigenvalue weighted by atomic mass is 16.1. The average molecular weight is 397 g/mol. The number of aromatic nitrogens is 2. The van der Waals surface area contributed by atoms with Crippen LogP contribution >= 0.6 is 0 Å². The number of carbonyl (C=O) groups is 1. The molecule has 6 heteroatoms. The minimum atomic E-state index is 0.0586. The first-order valence-corrected chi connectivity index (χ1v) is 9.47. The molecule has 0 unspecified atom stereocenters. The Kier molecular flexibility index (Phi) is 6.27. The highest BCUT2D eigenvalue weighted by molar-refractivity contribution is 6.35. The van der Waals surface area contributed by atoms with Crippen LogP contribution in [0, 0.1) is 17.7 Å². The molecule has 0 aliphatic rings. The number of nitrogens with one attached hydrogen (secondary N) is 3. The Morgan fingerprint density at radius 1 is 1.07 bits per heavy atom. The van der Waals surface area contributed by atoms with Gasteiger partial charge in [0.05, 0.1) is 5.71 Å². The van der Waals surface area contributed by atoms with Crippen LogP contribution in [0.1, 0.15) is 30.5 Å². The monoisotopic (exact) mass is 397 g/mol. The van der Waals surface area contributed by atoms with Crippen molar-refractivity contribution in [2.24, 2.45) is 0 Å². The molecule has 0 saturated carbocycles. The molecule has 6 nitrogen and oxygen atoms in total. The first-order valence-electron chi connectivity index (χ1n) is 9.47. The Labute approximate surface area is 175 Å². The molecule has 1 heterocycles. The van der Waals surface area contributed by atoms with Gasteiger partial charge in [-0.15, -0.1) is 0 Å². The number of anilines is 2. The van der Waals surface area contributed by atoms with Gasteiger partial charge in [-0.1, -0.05) is 24.3 Å². The van der Waals surface area contributed by atoms with Gasteiger partial charge in [-0.3, -0.25) is 10.2 Å². The van der Waals surface area contributed by atoms with E-state index in [1.165, 1.54) is 0 Å². The molecule has 3 aromatic rings. The summed E-state index contributed by atoms with van der Waals surface area (Å²) < 4.78 is 0. The van der Waals surface area contributed by atoms with E-state index in [2.05, 4.69) is 15.3 Å². The molecule has 0 spiro atoms. The Hall–Kier alpha value is -3.93. The van der Waals surface area contributed by atoms with Gasteiger partial charge in [0.15, 0.2) is 11.6 Å². The highest BCUT2D eigenvalue weighted by Gasteiger charge is 2.07. The van der Waals surface area contributed by atoms with Crippen molar-refractivity contribution in [1.82, 2.24) is 9.97 Å². The van der Waals surface area contributed by atoms with Gasteiger partial charge < -0.3 is 10.7 Å². The van der Waals surface area contributed by atoms with E-state index in [1.54, 1.807) is 31.3 Å². The molecule has 150 valence electrons. The second-order valence-corrected chi connectivity index (χ2v) is 6.98. The van der Waals surface area contributed by atoms with Gasteiger partial charge in [0.25, 0.3) is 0 Å². The standard InChI is InChI=1S/C24H23N5O/c1-15(17(3)30)12-19-4-5-20(13-16(19)2)24-27-11-10-23(29-24)28-21-8-6-18(7-9-21)22(26)14-25/h4-14,25-26H,1-3H3,(H,27,28,29)/b15-12+,25-14?,26-22?. The third-order valence-corrected chi connectivity index (χ3v) is 4.72. The van der Waals surface area contributed by atoms with Crippen molar-refractivity contribution in [2.45, 2.75) is 20.8 Å². The van der Waals surface area contributed by atoms with Gasteiger partial charge >= 0.3 is 0 Å². The van der Waals surface area contributed by atoms with Crippen LogP contribution in [0.3, 0.4) is 0 Å². The maximum Gasteiger partial charge on any atom is 0.161 e. The van der Waals surface area contributed by atoms with Crippen LogP contribution < -0.4 is 5.32 Å². The van der Waals surface area contributed by atoms with Crippen molar-refractivity contribution in [3.63, 3.8) is 0 Å². The summed E-state index contributed by atoms with van der Waals surface area (Å²) >= 11 is 0. The fourth-order valence-corrected chi connectivity index (χ4v) is 2.84. The van der Waals surface area contributed by atoms with Crippen molar-refractivity contribution in [1.29, 1.82) is 10.8 Å². The predicted molar refractivity (Wildman–Crippen MR) is 122 cm³/mol. The van der Waals surface area contributed by atoms with E-state index in [9.17, 15) is 4.79 Å². The summed E-state index contributed by atoms with van der Waals surface area (Å²) in [5.41, 5.74) is 5.33. The van der Waals surface area contributed by atoms with E-state index in [-0.39, 0.29) is 11.5 Å². The van der Waals surface area contributed by atoms with Gasteiger partial charge in [0.1, 0.15) is 5.82 Å². The number of nitrogens with zero attached hydrogens (tertiary/aromatic N) is 2. The molecular formula is C24H23N5O. The summed E-state index contributed by atoms with van der Waals surface area (Å²) in [5.74, 6) is 1.32. The Morgan fingerprint density at radius 3 is 2.43 bits per heavy atom. The van der Waals surface area contributed by atoms with E-state index >= 15 is 0 Å². The summed E-state index contributed by atoms with van der Waals surface area (Å²) in [6.07, 6.45) is 4.61. The normalized spacial score (nSPS) is 11.1. The molecule has 0 aliphatic carbocycles. The minimum Gasteiger partial charge on any atom is -0.340 e. The molecule has 0 amide bonds. The molecule has 0 radical (unpaired) electrons. The number of Topliss-reactive ketones (excluding diaryl/α,β-unsaturated/α-hetero) is 1. The van der Waals surface area contributed by atoms with Gasteiger partial charge in [0.2, 0.25) is 0 Å². The maximum absolute atomic E-state index is 11.5. The predicted octanol–water partition coefficient (Wildman–Crippen LogP) is 5.21. The van der Waals surface area contributed by atoms with Crippen LogP contribution in [0.2, 0.25) is 0 Å². The van der Waals surface area contributed by atoms with Gasteiger partial charge in [0, 0.05) is 29.2 Å². The zero-order valence-corrected chi connectivity index (χ0v) is 17.2. The SMILES string of the molecule is CC(=O)/C(C)=C/c1ccc(-c2nccc(Nc3ccc(C(=N)C=N)cc3)n2)cc1C. The van der Waals surface area contributed by atoms with Crippen LogP contribution in [0.15, 0.2) is 60.3 Å². The zero-order chi connectivity index (χ0) is 21.7. The van der Waals surface area contributed by atoms with Crippen molar-refractivity contribution in [3.8, 4) is 11.4 Å². The highest BCUT2D eigenvalue weighted by Crippen LogP contribution is 2.23. The Morgan fingerprint density at radius 2 is 1.80 bits per heavy atom. The molecule has 0 bridgehead atoms. The first-order chi connectivity index (χ1) is 14.4. The molecule has 1 aromatic heterocycles. The number of aryl methyl sites for hydroxylation is 1.